The highest BCUT2D eigenvalue weighted by atomic mass is 16.3. The van der Waals surface area contributed by atoms with Crippen LogP contribution in [0.3, 0.4) is 0 Å². The van der Waals surface area contributed by atoms with Gasteiger partial charge in [-0.3, -0.25) is 0 Å². The number of rotatable bonds is 5. The second kappa shape index (κ2) is 6.18. The fourth-order valence-electron chi connectivity index (χ4n) is 2.78. The molecule has 0 amide bonds. The van der Waals surface area contributed by atoms with Crippen LogP contribution in [0.2, 0.25) is 0 Å². The van der Waals surface area contributed by atoms with Crippen LogP contribution in [0, 0.1) is 13.8 Å². The summed E-state index contributed by atoms with van der Waals surface area (Å²) in [6.07, 6.45) is 2.03. The van der Waals surface area contributed by atoms with Crippen molar-refractivity contribution in [3.63, 3.8) is 0 Å². The zero-order valence-corrected chi connectivity index (χ0v) is 12.7. The largest absolute Gasteiger partial charge is 0.390 e. The van der Waals surface area contributed by atoms with E-state index in [1.165, 1.54) is 11.1 Å². The molecule has 2 rings (SSSR count). The molecule has 0 aliphatic rings. The van der Waals surface area contributed by atoms with Crippen molar-refractivity contribution in [3.05, 3.63) is 40.7 Å². The molecule has 4 nitrogen and oxygen atoms in total. The lowest BCUT2D eigenvalue weighted by Crippen LogP contribution is -2.09. The standard InChI is InChI=1S/C16H23N3O/c1-5-13(6-2)16-15(10-20)17-18-19(16)14-8-11(3)7-12(4)9-14/h7-9,13,20H,5-6,10H2,1-4H3. The molecule has 0 radical (unpaired) electrons. The van der Waals surface area contributed by atoms with Gasteiger partial charge in [0.2, 0.25) is 0 Å². The highest BCUT2D eigenvalue weighted by molar-refractivity contribution is 5.40. The summed E-state index contributed by atoms with van der Waals surface area (Å²) in [5, 5.41) is 17.9. The van der Waals surface area contributed by atoms with Gasteiger partial charge in [0.1, 0.15) is 5.69 Å². The van der Waals surface area contributed by atoms with Crippen molar-refractivity contribution in [1.29, 1.82) is 0 Å². The molecule has 0 unspecified atom stereocenters. The van der Waals surface area contributed by atoms with Gasteiger partial charge in [0.05, 0.1) is 18.0 Å². The third-order valence-corrected chi connectivity index (χ3v) is 3.75. The molecule has 0 aliphatic heterocycles. The van der Waals surface area contributed by atoms with Crippen LogP contribution < -0.4 is 0 Å². The lowest BCUT2D eigenvalue weighted by molar-refractivity contribution is 0.274. The first kappa shape index (κ1) is 14.7. The summed E-state index contributed by atoms with van der Waals surface area (Å²) in [6, 6.07) is 6.35. The zero-order chi connectivity index (χ0) is 14.7. The molecular formula is C16H23N3O. The molecule has 108 valence electrons. The van der Waals surface area contributed by atoms with E-state index in [1.54, 1.807) is 0 Å². The number of aromatic nitrogens is 3. The van der Waals surface area contributed by atoms with Crippen LogP contribution in [0.25, 0.3) is 5.69 Å². The summed E-state index contributed by atoms with van der Waals surface area (Å²) < 4.78 is 1.89. The predicted octanol–water partition coefficient (Wildman–Crippen LogP) is 3.28. The van der Waals surface area contributed by atoms with Gasteiger partial charge in [0.15, 0.2) is 0 Å². The summed E-state index contributed by atoms with van der Waals surface area (Å²) >= 11 is 0. The molecule has 20 heavy (non-hydrogen) atoms. The van der Waals surface area contributed by atoms with Gasteiger partial charge >= 0.3 is 0 Å². The molecule has 1 heterocycles. The van der Waals surface area contributed by atoms with E-state index in [4.69, 9.17) is 0 Å². The predicted molar refractivity (Wildman–Crippen MR) is 80.1 cm³/mol. The Kier molecular flexibility index (Phi) is 4.55. The number of benzene rings is 1. The highest BCUT2D eigenvalue weighted by Crippen LogP contribution is 2.28. The average molecular weight is 273 g/mol. The van der Waals surface area contributed by atoms with Gasteiger partial charge in [-0.2, -0.15) is 0 Å². The van der Waals surface area contributed by atoms with Gasteiger partial charge in [-0.1, -0.05) is 25.1 Å². The van der Waals surface area contributed by atoms with Gasteiger partial charge in [-0.15, -0.1) is 5.10 Å². The molecular weight excluding hydrogens is 250 g/mol. The number of nitrogens with zero attached hydrogens (tertiary/aromatic N) is 3. The van der Waals surface area contributed by atoms with Crippen molar-refractivity contribution < 1.29 is 5.11 Å². The Morgan fingerprint density at radius 1 is 1.10 bits per heavy atom. The fraction of sp³-hybridized carbons (Fsp3) is 0.500. The minimum Gasteiger partial charge on any atom is -0.390 e. The first-order valence-corrected chi connectivity index (χ1v) is 7.24. The summed E-state index contributed by atoms with van der Waals surface area (Å²) in [5.41, 5.74) is 5.17. The average Bonchev–Trinajstić information content (AvgIpc) is 2.83. The van der Waals surface area contributed by atoms with E-state index in [0.717, 1.165) is 24.2 Å². The third-order valence-electron chi connectivity index (χ3n) is 3.75. The SMILES string of the molecule is CCC(CC)c1c(CO)nnn1-c1cc(C)cc(C)c1. The van der Waals surface area contributed by atoms with Crippen molar-refractivity contribution in [2.45, 2.75) is 53.1 Å². The molecule has 0 atom stereocenters. The van der Waals surface area contributed by atoms with E-state index in [0.29, 0.717) is 11.6 Å². The Labute approximate surface area is 120 Å². The number of aliphatic hydroxyl groups excluding tert-OH is 1. The quantitative estimate of drug-likeness (QED) is 0.909. The minimum absolute atomic E-state index is 0.0589. The van der Waals surface area contributed by atoms with Crippen LogP contribution in [0.4, 0.5) is 0 Å². The Morgan fingerprint density at radius 2 is 1.70 bits per heavy atom. The Morgan fingerprint density at radius 3 is 2.20 bits per heavy atom. The minimum atomic E-state index is -0.0589. The van der Waals surface area contributed by atoms with Crippen molar-refractivity contribution in [2.24, 2.45) is 0 Å². The Bertz CT molecular complexity index is 565. The first-order chi connectivity index (χ1) is 9.60. The van der Waals surface area contributed by atoms with E-state index < -0.39 is 0 Å². The van der Waals surface area contributed by atoms with E-state index in [9.17, 15) is 5.11 Å². The fourth-order valence-corrected chi connectivity index (χ4v) is 2.78. The lowest BCUT2D eigenvalue weighted by atomic mass is 9.97. The van der Waals surface area contributed by atoms with Crippen LogP contribution in [0.5, 0.6) is 0 Å². The van der Waals surface area contributed by atoms with Gasteiger partial charge in [0, 0.05) is 5.92 Å². The molecule has 0 fully saturated rings. The van der Waals surface area contributed by atoms with Crippen LogP contribution in [0.1, 0.15) is 55.1 Å². The zero-order valence-electron chi connectivity index (χ0n) is 12.7. The molecule has 1 N–H and O–H groups in total. The Hall–Kier alpha value is -1.68. The van der Waals surface area contributed by atoms with Crippen LogP contribution in [0.15, 0.2) is 18.2 Å². The maximum Gasteiger partial charge on any atom is 0.112 e. The van der Waals surface area contributed by atoms with Crippen molar-refractivity contribution >= 4 is 0 Å². The van der Waals surface area contributed by atoms with E-state index in [-0.39, 0.29) is 6.61 Å². The molecule has 1 aromatic carbocycles. The van der Waals surface area contributed by atoms with E-state index in [1.807, 2.05) is 4.68 Å². The number of aryl methyl sites for hydroxylation is 2. The van der Waals surface area contributed by atoms with Crippen molar-refractivity contribution in [3.8, 4) is 5.69 Å². The summed E-state index contributed by atoms with van der Waals surface area (Å²) in [5.74, 6) is 0.368. The molecule has 0 spiro atoms. The third kappa shape index (κ3) is 2.75. The first-order valence-electron chi connectivity index (χ1n) is 7.24. The molecule has 1 aromatic heterocycles. The summed E-state index contributed by atoms with van der Waals surface area (Å²) in [4.78, 5) is 0. The molecule has 2 aromatic rings. The van der Waals surface area contributed by atoms with Crippen LogP contribution in [-0.2, 0) is 6.61 Å². The second-order valence-electron chi connectivity index (χ2n) is 5.35. The molecule has 0 saturated carbocycles. The smallest absolute Gasteiger partial charge is 0.112 e. The monoisotopic (exact) mass is 273 g/mol. The van der Waals surface area contributed by atoms with E-state index in [2.05, 4.69) is 56.2 Å². The topological polar surface area (TPSA) is 50.9 Å². The maximum absolute atomic E-state index is 9.51. The second-order valence-corrected chi connectivity index (χ2v) is 5.35. The number of aliphatic hydroxyl groups is 1. The lowest BCUT2D eigenvalue weighted by Gasteiger charge is -2.16. The van der Waals surface area contributed by atoms with Crippen LogP contribution >= 0.6 is 0 Å². The van der Waals surface area contributed by atoms with E-state index >= 15 is 0 Å². The maximum atomic E-state index is 9.51. The number of hydrogen-bond acceptors (Lipinski definition) is 3. The molecule has 4 heteroatoms. The van der Waals surface area contributed by atoms with Crippen molar-refractivity contribution in [1.82, 2.24) is 15.0 Å². The van der Waals surface area contributed by atoms with Crippen molar-refractivity contribution in [2.75, 3.05) is 0 Å². The van der Waals surface area contributed by atoms with Gasteiger partial charge in [0.25, 0.3) is 0 Å². The van der Waals surface area contributed by atoms with Gasteiger partial charge in [-0.25, -0.2) is 4.68 Å². The highest BCUT2D eigenvalue weighted by Gasteiger charge is 2.20. The molecule has 0 aliphatic carbocycles. The van der Waals surface area contributed by atoms with Crippen LogP contribution in [-0.4, -0.2) is 20.1 Å². The number of hydrogen-bond donors (Lipinski definition) is 1. The van der Waals surface area contributed by atoms with Gasteiger partial charge < -0.3 is 5.11 Å². The molecule has 0 saturated heterocycles. The Balaban J connectivity index is 2.59. The molecule has 0 bridgehead atoms. The van der Waals surface area contributed by atoms with Gasteiger partial charge in [-0.05, 0) is 49.9 Å². The normalized spacial score (nSPS) is 11.3. The summed E-state index contributed by atoms with van der Waals surface area (Å²) in [6.45, 7) is 8.42. The summed E-state index contributed by atoms with van der Waals surface area (Å²) in [7, 11) is 0.